The third kappa shape index (κ3) is 3.44. The van der Waals surface area contributed by atoms with Gasteiger partial charge in [-0.3, -0.25) is 4.79 Å². The molecule has 1 N–H and O–H groups in total. The first-order chi connectivity index (χ1) is 9.93. The molecule has 0 saturated carbocycles. The molecule has 0 spiro atoms. The minimum absolute atomic E-state index is 0.0208. The molecule has 0 fully saturated rings. The van der Waals surface area contributed by atoms with Crippen molar-refractivity contribution in [2.75, 3.05) is 5.32 Å². The van der Waals surface area contributed by atoms with E-state index in [1.165, 1.54) is 9.56 Å². The molecule has 0 radical (unpaired) electrons. The van der Waals surface area contributed by atoms with Crippen molar-refractivity contribution in [1.82, 2.24) is 14.8 Å². The van der Waals surface area contributed by atoms with Crippen molar-refractivity contribution in [2.24, 2.45) is 0 Å². The van der Waals surface area contributed by atoms with Gasteiger partial charge in [0.2, 0.25) is 0 Å². The summed E-state index contributed by atoms with van der Waals surface area (Å²) in [5, 5.41) is 8.49. The highest BCUT2D eigenvalue weighted by Gasteiger charge is 2.15. The number of nitrogens with zero attached hydrogens (tertiary/aromatic N) is 3. The summed E-state index contributed by atoms with van der Waals surface area (Å²) in [6, 6.07) is -0.0450. The van der Waals surface area contributed by atoms with Crippen LogP contribution in [0.15, 0.2) is 17.2 Å². The summed E-state index contributed by atoms with van der Waals surface area (Å²) in [6.07, 6.45) is 4.44. The summed E-state index contributed by atoms with van der Waals surface area (Å²) in [5.74, 6) is 0. The first-order valence-electron chi connectivity index (χ1n) is 6.92. The van der Waals surface area contributed by atoms with Crippen LogP contribution in [0, 0.1) is 0 Å². The Bertz CT molecular complexity index is 680. The topological polar surface area (TPSA) is 59.8 Å². The molecule has 2 aromatic rings. The van der Waals surface area contributed by atoms with E-state index in [4.69, 9.17) is 11.6 Å². The van der Waals surface area contributed by atoms with Crippen molar-refractivity contribution in [1.29, 1.82) is 0 Å². The average Bonchev–Trinajstić information content (AvgIpc) is 2.92. The number of aryl methyl sites for hydroxylation is 1. The lowest BCUT2D eigenvalue weighted by Crippen LogP contribution is -2.26. The van der Waals surface area contributed by atoms with E-state index in [2.05, 4.69) is 22.3 Å². The fourth-order valence-corrected chi connectivity index (χ4v) is 2.94. The Labute approximate surface area is 133 Å². The highest BCUT2D eigenvalue weighted by atomic mass is 35.5. The number of halogens is 1. The van der Waals surface area contributed by atoms with Crippen LogP contribution >= 0.6 is 22.9 Å². The summed E-state index contributed by atoms with van der Waals surface area (Å²) >= 11 is 7.81. The van der Waals surface area contributed by atoms with Crippen molar-refractivity contribution in [3.05, 3.63) is 37.7 Å². The number of hydrogen-bond donors (Lipinski definition) is 1. The summed E-state index contributed by atoms with van der Waals surface area (Å²) in [5.41, 5.74) is 0.261. The van der Waals surface area contributed by atoms with Crippen LogP contribution in [0.2, 0.25) is 5.02 Å². The lowest BCUT2D eigenvalue weighted by Gasteiger charge is -2.15. The molecule has 5 nitrogen and oxygen atoms in total. The summed E-state index contributed by atoms with van der Waals surface area (Å²) in [6.45, 7) is 7.87. The smallest absolute Gasteiger partial charge is 0.287 e. The Balaban J connectivity index is 2.23. The lowest BCUT2D eigenvalue weighted by molar-refractivity contribution is 0.503. The fourth-order valence-electron chi connectivity index (χ4n) is 1.89. The third-order valence-electron chi connectivity index (χ3n) is 3.10. The molecular weight excluding hydrogens is 308 g/mol. The van der Waals surface area contributed by atoms with Crippen LogP contribution in [0.25, 0.3) is 0 Å². The quantitative estimate of drug-likeness (QED) is 0.910. The van der Waals surface area contributed by atoms with Gasteiger partial charge >= 0.3 is 0 Å². The van der Waals surface area contributed by atoms with Crippen molar-refractivity contribution in [3.63, 3.8) is 0 Å². The molecule has 0 aliphatic heterocycles. The second-order valence-electron chi connectivity index (χ2n) is 5.10. The van der Waals surface area contributed by atoms with E-state index in [-0.39, 0.29) is 22.7 Å². The maximum absolute atomic E-state index is 12.1. The highest BCUT2D eigenvalue weighted by Crippen LogP contribution is 2.26. The number of hydrogen-bond acceptors (Lipinski definition) is 5. The molecule has 114 valence electrons. The predicted octanol–water partition coefficient (Wildman–Crippen LogP) is 3.67. The zero-order valence-electron chi connectivity index (χ0n) is 12.6. The molecule has 2 aromatic heterocycles. The zero-order chi connectivity index (χ0) is 15.6. The van der Waals surface area contributed by atoms with Crippen LogP contribution in [-0.4, -0.2) is 14.8 Å². The van der Waals surface area contributed by atoms with E-state index in [0.29, 0.717) is 5.69 Å². The normalized spacial score (nSPS) is 12.7. The van der Waals surface area contributed by atoms with Crippen LogP contribution in [0.1, 0.15) is 49.7 Å². The van der Waals surface area contributed by atoms with Gasteiger partial charge in [-0.25, -0.2) is 9.67 Å². The van der Waals surface area contributed by atoms with Crippen LogP contribution in [0.5, 0.6) is 0 Å². The zero-order valence-corrected chi connectivity index (χ0v) is 14.1. The van der Waals surface area contributed by atoms with Gasteiger partial charge in [0, 0.05) is 11.1 Å². The third-order valence-corrected chi connectivity index (χ3v) is 4.78. The minimum atomic E-state index is -0.280. The van der Waals surface area contributed by atoms with E-state index < -0.39 is 0 Å². The average molecular weight is 327 g/mol. The molecular formula is C14H19ClN4OS. The van der Waals surface area contributed by atoms with E-state index in [0.717, 1.165) is 11.4 Å². The van der Waals surface area contributed by atoms with Gasteiger partial charge in [0.25, 0.3) is 5.56 Å². The number of thiazole rings is 1. The monoisotopic (exact) mass is 326 g/mol. The first-order valence-corrected chi connectivity index (χ1v) is 8.12. The summed E-state index contributed by atoms with van der Waals surface area (Å²) < 4.78 is 1.37. The van der Waals surface area contributed by atoms with E-state index >= 15 is 0 Å². The molecule has 0 bridgehead atoms. The van der Waals surface area contributed by atoms with Gasteiger partial charge in [0.05, 0.1) is 24.0 Å². The standard InChI is InChI=1S/C14H19ClN4OS/c1-5-10-6-16-13(21-10)9(4)18-11-7-17-19(8(2)3)14(20)12(11)15/h6-9,18H,5H2,1-4H3. The maximum atomic E-state index is 12.1. The highest BCUT2D eigenvalue weighted by molar-refractivity contribution is 7.11. The summed E-state index contributed by atoms with van der Waals surface area (Å²) in [4.78, 5) is 17.7. The fraction of sp³-hybridized carbons (Fsp3) is 0.500. The molecule has 0 aromatic carbocycles. The molecule has 7 heteroatoms. The van der Waals surface area contributed by atoms with Crippen molar-refractivity contribution >= 4 is 28.6 Å². The second kappa shape index (κ2) is 6.58. The van der Waals surface area contributed by atoms with E-state index in [1.807, 2.05) is 27.0 Å². The Morgan fingerprint density at radius 1 is 1.38 bits per heavy atom. The minimum Gasteiger partial charge on any atom is -0.373 e. The Hall–Kier alpha value is -1.40. The molecule has 1 atom stereocenters. The SMILES string of the molecule is CCc1cnc(C(C)Nc2cnn(C(C)C)c(=O)c2Cl)s1. The van der Waals surface area contributed by atoms with Crippen LogP contribution in [0.4, 0.5) is 5.69 Å². The van der Waals surface area contributed by atoms with Crippen molar-refractivity contribution in [2.45, 2.75) is 46.2 Å². The summed E-state index contributed by atoms with van der Waals surface area (Å²) in [7, 11) is 0. The molecule has 21 heavy (non-hydrogen) atoms. The molecule has 2 heterocycles. The second-order valence-corrected chi connectivity index (χ2v) is 6.62. The van der Waals surface area contributed by atoms with Crippen molar-refractivity contribution < 1.29 is 0 Å². The number of rotatable bonds is 5. The molecule has 0 amide bonds. The van der Waals surface area contributed by atoms with E-state index in [1.54, 1.807) is 17.5 Å². The van der Waals surface area contributed by atoms with Gasteiger partial charge in [-0.05, 0) is 27.2 Å². The molecule has 2 rings (SSSR count). The van der Waals surface area contributed by atoms with Crippen molar-refractivity contribution in [3.8, 4) is 0 Å². The van der Waals surface area contributed by atoms with Gasteiger partial charge in [0.1, 0.15) is 10.0 Å². The first kappa shape index (κ1) is 16.0. The maximum Gasteiger partial charge on any atom is 0.287 e. The Kier molecular flexibility index (Phi) is 5.00. The number of nitrogens with one attached hydrogen (secondary N) is 1. The van der Waals surface area contributed by atoms with Crippen LogP contribution in [-0.2, 0) is 6.42 Å². The number of anilines is 1. The van der Waals surface area contributed by atoms with Gasteiger partial charge in [-0.2, -0.15) is 5.10 Å². The lowest BCUT2D eigenvalue weighted by atomic mass is 10.3. The van der Waals surface area contributed by atoms with Gasteiger partial charge in [0.15, 0.2) is 0 Å². The largest absolute Gasteiger partial charge is 0.373 e. The Morgan fingerprint density at radius 3 is 2.67 bits per heavy atom. The molecule has 0 aliphatic carbocycles. The molecule has 0 saturated heterocycles. The van der Waals surface area contributed by atoms with E-state index in [9.17, 15) is 4.79 Å². The van der Waals surface area contributed by atoms with Gasteiger partial charge in [-0.15, -0.1) is 11.3 Å². The number of aromatic nitrogens is 3. The van der Waals surface area contributed by atoms with Gasteiger partial charge in [-0.1, -0.05) is 18.5 Å². The molecule has 0 aliphatic rings. The van der Waals surface area contributed by atoms with Crippen LogP contribution in [0.3, 0.4) is 0 Å². The Morgan fingerprint density at radius 2 is 2.10 bits per heavy atom. The van der Waals surface area contributed by atoms with Gasteiger partial charge < -0.3 is 5.32 Å². The molecule has 1 unspecified atom stereocenters. The van der Waals surface area contributed by atoms with Crippen LogP contribution < -0.4 is 10.9 Å². The predicted molar refractivity (Wildman–Crippen MR) is 87.4 cm³/mol.